The molecule has 0 radical (unpaired) electrons. The first kappa shape index (κ1) is 26.1. The van der Waals surface area contributed by atoms with Crippen molar-refractivity contribution in [2.45, 2.75) is 51.6 Å². The van der Waals surface area contributed by atoms with E-state index in [2.05, 4.69) is 9.72 Å². The number of likely N-dealkylation sites (tertiary alicyclic amines) is 1. The fourth-order valence-corrected chi connectivity index (χ4v) is 6.20. The number of fused-ring (bicyclic) bond motifs is 1. The number of carboxylic acid groups (broad SMARTS) is 1. The number of anilines is 1. The first-order valence-corrected chi connectivity index (χ1v) is 13.4. The third kappa shape index (κ3) is 4.53. The van der Waals surface area contributed by atoms with E-state index in [1.54, 1.807) is 0 Å². The first-order chi connectivity index (χ1) is 19.2. The molecule has 1 atom stereocenters. The van der Waals surface area contributed by atoms with E-state index in [9.17, 15) is 23.5 Å². The van der Waals surface area contributed by atoms with E-state index in [-0.39, 0.29) is 30.6 Å². The van der Waals surface area contributed by atoms with Gasteiger partial charge in [0.1, 0.15) is 11.6 Å². The topological polar surface area (TPSA) is 105 Å². The highest BCUT2D eigenvalue weighted by Crippen LogP contribution is 2.41. The molecule has 0 aliphatic carbocycles. The quantitative estimate of drug-likeness (QED) is 0.354. The zero-order chi connectivity index (χ0) is 28.1. The lowest BCUT2D eigenvalue weighted by molar-refractivity contribution is -0.138. The highest BCUT2D eigenvalue weighted by atomic mass is 19.2. The molecule has 0 bridgehead atoms. The predicted molar refractivity (Wildman–Crippen MR) is 143 cm³/mol. The molecule has 40 heavy (non-hydrogen) atoms. The molecular weight excluding hydrogens is 520 g/mol. The fraction of sp³-hybridized carbons (Fsp3) is 0.379. The van der Waals surface area contributed by atoms with E-state index in [0.29, 0.717) is 43.9 Å². The molecule has 4 aromatic rings. The number of carbonyl (C=O) groups is 2. The molecule has 2 aliphatic heterocycles. The van der Waals surface area contributed by atoms with E-state index in [1.165, 1.54) is 11.0 Å². The van der Waals surface area contributed by atoms with Crippen molar-refractivity contribution < 1.29 is 28.0 Å². The molecule has 1 amide bonds. The number of halogens is 2. The van der Waals surface area contributed by atoms with Gasteiger partial charge in [0.25, 0.3) is 0 Å². The van der Waals surface area contributed by atoms with Crippen molar-refractivity contribution in [1.29, 1.82) is 0 Å². The van der Waals surface area contributed by atoms with E-state index in [1.807, 2.05) is 36.9 Å². The molecule has 9 nitrogen and oxygen atoms in total. The van der Waals surface area contributed by atoms with Crippen molar-refractivity contribution in [1.82, 2.24) is 19.6 Å². The molecule has 1 N–H and O–H groups in total. The van der Waals surface area contributed by atoms with Crippen LogP contribution >= 0.6 is 0 Å². The third-order valence-electron chi connectivity index (χ3n) is 8.01. The van der Waals surface area contributed by atoms with Gasteiger partial charge in [0.15, 0.2) is 11.6 Å². The number of carboxylic acids is 1. The van der Waals surface area contributed by atoms with Crippen LogP contribution in [0.4, 0.5) is 14.5 Å². The Hall–Kier alpha value is -4.12. The number of aromatic nitrogens is 3. The van der Waals surface area contributed by atoms with Crippen LogP contribution in [0.25, 0.3) is 22.2 Å². The Bertz CT molecular complexity index is 1600. The molecule has 2 fully saturated rings. The second-order valence-electron chi connectivity index (χ2n) is 10.6. The van der Waals surface area contributed by atoms with Crippen LogP contribution in [-0.4, -0.2) is 56.2 Å². The Kier molecular flexibility index (Phi) is 6.61. The number of hydrogen-bond acceptors (Lipinski definition) is 6. The Morgan fingerprint density at radius 2 is 1.85 bits per heavy atom. The monoisotopic (exact) mass is 549 g/mol. The molecule has 11 heteroatoms. The Labute approximate surface area is 229 Å². The van der Waals surface area contributed by atoms with Crippen molar-refractivity contribution in [2.24, 2.45) is 0 Å². The van der Waals surface area contributed by atoms with Gasteiger partial charge in [0.05, 0.1) is 29.3 Å². The summed E-state index contributed by atoms with van der Waals surface area (Å²) in [6.45, 7) is 4.96. The van der Waals surface area contributed by atoms with Crippen molar-refractivity contribution in [3.8, 4) is 11.1 Å². The third-order valence-corrected chi connectivity index (χ3v) is 8.01. The van der Waals surface area contributed by atoms with E-state index in [0.717, 1.165) is 40.0 Å². The van der Waals surface area contributed by atoms with Gasteiger partial charge in [0.2, 0.25) is 5.91 Å². The molecule has 2 saturated heterocycles. The number of aryl methyl sites for hydroxylation is 2. The standard InChI is InChI=1S/C29H29F2N5O4/c1-16-28(17(2)40-33-16)18-3-6-24-23(13-18)32-29(36(24)19-9-11-34(12-10-19)15-27(38)39)25-7-8-26(37)35(25)20-4-5-21(30)22(31)14-20/h3-6,13-14,19,25H,7-12,15H2,1-2H3,(H,38,39)/t25-/m0/s1. The summed E-state index contributed by atoms with van der Waals surface area (Å²) in [7, 11) is 0. The number of amides is 1. The Morgan fingerprint density at radius 1 is 1.07 bits per heavy atom. The summed E-state index contributed by atoms with van der Waals surface area (Å²) in [6.07, 6.45) is 2.16. The second-order valence-corrected chi connectivity index (χ2v) is 10.6. The fourth-order valence-electron chi connectivity index (χ4n) is 6.20. The van der Waals surface area contributed by atoms with Gasteiger partial charge in [-0.05, 0) is 62.9 Å². The second kappa shape index (κ2) is 10.1. The molecule has 208 valence electrons. The maximum Gasteiger partial charge on any atom is 0.317 e. The molecular formula is C29H29F2N5O4. The number of aliphatic carboxylic acids is 1. The lowest BCUT2D eigenvalue weighted by Gasteiger charge is -2.34. The normalized spacial score (nSPS) is 18.8. The van der Waals surface area contributed by atoms with Gasteiger partial charge in [-0.3, -0.25) is 14.5 Å². The number of imidazole rings is 1. The number of hydrogen-bond donors (Lipinski definition) is 1. The molecule has 0 spiro atoms. The summed E-state index contributed by atoms with van der Waals surface area (Å²) in [5.41, 5.74) is 4.51. The van der Waals surface area contributed by atoms with Crippen LogP contribution in [0.3, 0.4) is 0 Å². The number of piperidine rings is 1. The highest BCUT2D eigenvalue weighted by Gasteiger charge is 2.38. The SMILES string of the molecule is Cc1noc(C)c1-c1ccc2c(c1)nc([C@@H]1CCC(=O)N1c1ccc(F)c(F)c1)n2C1CCN(CC(=O)O)CC1. The van der Waals surface area contributed by atoms with Crippen LogP contribution in [-0.2, 0) is 9.59 Å². The van der Waals surface area contributed by atoms with Crippen LogP contribution in [0, 0.1) is 25.5 Å². The average Bonchev–Trinajstić information content (AvgIpc) is 3.59. The van der Waals surface area contributed by atoms with Crippen molar-refractivity contribution in [2.75, 3.05) is 24.5 Å². The van der Waals surface area contributed by atoms with E-state index >= 15 is 0 Å². The average molecular weight is 550 g/mol. The van der Waals surface area contributed by atoms with Crippen LogP contribution in [0.15, 0.2) is 40.9 Å². The van der Waals surface area contributed by atoms with Gasteiger partial charge in [-0.2, -0.15) is 0 Å². The summed E-state index contributed by atoms with van der Waals surface area (Å²) in [6, 6.07) is 9.06. The lowest BCUT2D eigenvalue weighted by atomic mass is 10.0. The van der Waals surface area contributed by atoms with Crippen molar-refractivity contribution in [3.05, 3.63) is 65.3 Å². The van der Waals surface area contributed by atoms with Crippen LogP contribution in [0.2, 0.25) is 0 Å². The van der Waals surface area contributed by atoms with Gasteiger partial charge in [0, 0.05) is 42.9 Å². The molecule has 2 aromatic heterocycles. The maximum atomic E-state index is 14.2. The number of rotatable bonds is 6. The number of carbonyl (C=O) groups excluding carboxylic acids is 1. The summed E-state index contributed by atoms with van der Waals surface area (Å²) >= 11 is 0. The van der Waals surface area contributed by atoms with E-state index in [4.69, 9.17) is 9.51 Å². The number of nitrogens with zero attached hydrogens (tertiary/aromatic N) is 5. The largest absolute Gasteiger partial charge is 0.480 e. The molecule has 2 aromatic carbocycles. The summed E-state index contributed by atoms with van der Waals surface area (Å²) in [5, 5.41) is 13.3. The predicted octanol–water partition coefficient (Wildman–Crippen LogP) is 5.18. The first-order valence-electron chi connectivity index (χ1n) is 13.4. The Balaban J connectivity index is 1.46. The van der Waals surface area contributed by atoms with Gasteiger partial charge in [-0.25, -0.2) is 13.8 Å². The minimum Gasteiger partial charge on any atom is -0.480 e. The minimum atomic E-state index is -1.01. The van der Waals surface area contributed by atoms with Gasteiger partial charge in [-0.1, -0.05) is 11.2 Å². The molecule has 0 unspecified atom stereocenters. The highest BCUT2D eigenvalue weighted by molar-refractivity contribution is 5.96. The van der Waals surface area contributed by atoms with Crippen LogP contribution in [0.5, 0.6) is 0 Å². The number of benzene rings is 2. The van der Waals surface area contributed by atoms with Gasteiger partial charge in [-0.15, -0.1) is 0 Å². The van der Waals surface area contributed by atoms with E-state index < -0.39 is 23.6 Å². The minimum absolute atomic E-state index is 0.00785. The molecule has 2 aliphatic rings. The van der Waals surface area contributed by atoms with Gasteiger partial charge >= 0.3 is 5.97 Å². The van der Waals surface area contributed by atoms with Crippen LogP contribution < -0.4 is 4.90 Å². The summed E-state index contributed by atoms with van der Waals surface area (Å²) in [5.74, 6) is -1.64. The van der Waals surface area contributed by atoms with Gasteiger partial charge < -0.3 is 19.1 Å². The molecule has 0 saturated carbocycles. The summed E-state index contributed by atoms with van der Waals surface area (Å²) in [4.78, 5) is 32.8. The zero-order valence-corrected chi connectivity index (χ0v) is 22.2. The lowest BCUT2D eigenvalue weighted by Crippen LogP contribution is -2.38. The van der Waals surface area contributed by atoms with Crippen molar-refractivity contribution >= 4 is 28.6 Å². The summed E-state index contributed by atoms with van der Waals surface area (Å²) < 4.78 is 35.5. The Morgan fingerprint density at radius 3 is 2.52 bits per heavy atom. The van der Waals surface area contributed by atoms with Crippen molar-refractivity contribution in [3.63, 3.8) is 0 Å². The maximum absolute atomic E-state index is 14.2. The molecule has 6 rings (SSSR count). The molecule has 4 heterocycles. The smallest absolute Gasteiger partial charge is 0.317 e. The van der Waals surface area contributed by atoms with Crippen LogP contribution in [0.1, 0.15) is 55.0 Å². The zero-order valence-electron chi connectivity index (χ0n) is 22.2.